The Hall–Kier alpha value is -2.68. The molecule has 2 aromatic carbocycles. The minimum atomic E-state index is -0.595. The largest absolute Gasteiger partial charge is 0.337 e. The zero-order valence-corrected chi connectivity index (χ0v) is 18.8. The number of hydrogen-bond donors (Lipinski definition) is 1. The van der Waals surface area contributed by atoms with E-state index in [1.165, 1.54) is 15.9 Å². The fraction of sp³-hybridized carbons (Fsp3) is 0.0952. The Morgan fingerprint density at radius 2 is 1.87 bits per heavy atom. The molecular weight excluding hydrogens is 490 g/mol. The van der Waals surface area contributed by atoms with Crippen LogP contribution in [0.4, 0.5) is 5.69 Å². The van der Waals surface area contributed by atoms with Crippen LogP contribution in [-0.4, -0.2) is 15.0 Å². The number of nitrogens with zero attached hydrogens (tertiary/aromatic N) is 2. The first-order valence-electron chi connectivity index (χ1n) is 8.91. The van der Waals surface area contributed by atoms with E-state index in [0.29, 0.717) is 26.6 Å². The summed E-state index contributed by atoms with van der Waals surface area (Å²) in [5, 5.41) is 3.56. The normalized spacial score (nSPS) is 11.0. The van der Waals surface area contributed by atoms with Gasteiger partial charge in [-0.05, 0) is 55.5 Å². The highest BCUT2D eigenvalue weighted by molar-refractivity contribution is 9.10. The third kappa shape index (κ3) is 3.98. The molecule has 0 unspecified atom stereocenters. The van der Waals surface area contributed by atoms with Crippen molar-refractivity contribution in [3.8, 4) is 5.69 Å². The van der Waals surface area contributed by atoms with Crippen molar-refractivity contribution in [1.82, 2.24) is 9.13 Å². The maximum atomic E-state index is 13.3. The fourth-order valence-electron chi connectivity index (χ4n) is 3.13. The molecule has 0 atom stereocenters. The maximum Gasteiger partial charge on any atom is 0.337 e. The van der Waals surface area contributed by atoms with Crippen molar-refractivity contribution in [1.29, 1.82) is 0 Å². The van der Waals surface area contributed by atoms with Crippen molar-refractivity contribution in [2.24, 2.45) is 0 Å². The number of aryl methyl sites for hydroxylation is 1. The minimum absolute atomic E-state index is 0.230. The predicted molar refractivity (Wildman–Crippen MR) is 124 cm³/mol. The molecule has 0 radical (unpaired) electrons. The van der Waals surface area contributed by atoms with E-state index in [2.05, 4.69) is 21.2 Å². The van der Waals surface area contributed by atoms with Crippen LogP contribution < -0.4 is 16.6 Å². The second kappa shape index (κ2) is 8.22. The Morgan fingerprint density at radius 3 is 2.57 bits per heavy atom. The van der Waals surface area contributed by atoms with Crippen LogP contribution in [-0.2, 0) is 11.3 Å². The van der Waals surface area contributed by atoms with E-state index in [9.17, 15) is 14.4 Å². The Kier molecular flexibility index (Phi) is 5.64. The van der Waals surface area contributed by atoms with Crippen molar-refractivity contribution < 1.29 is 4.79 Å². The Balaban J connectivity index is 1.82. The van der Waals surface area contributed by atoms with Crippen molar-refractivity contribution in [2.75, 3.05) is 5.32 Å². The molecule has 0 spiro atoms. The number of carbonyl (C=O) groups is 1. The number of benzene rings is 2. The third-order valence-corrected chi connectivity index (χ3v) is 6.27. The number of rotatable bonds is 4. The zero-order valence-electron chi connectivity index (χ0n) is 15.7. The van der Waals surface area contributed by atoms with Crippen LogP contribution in [0.2, 0.25) is 5.02 Å². The molecule has 2 aromatic heterocycles. The van der Waals surface area contributed by atoms with Gasteiger partial charge in [0, 0.05) is 20.1 Å². The Labute approximate surface area is 188 Å². The summed E-state index contributed by atoms with van der Waals surface area (Å²) in [4.78, 5) is 40.3. The van der Waals surface area contributed by atoms with Gasteiger partial charge in [-0.3, -0.25) is 14.2 Å². The third-order valence-electron chi connectivity index (χ3n) is 4.43. The quantitative estimate of drug-likeness (QED) is 0.442. The van der Waals surface area contributed by atoms with Crippen LogP contribution in [0, 0.1) is 6.92 Å². The zero-order chi connectivity index (χ0) is 21.4. The standard InChI is InChI=1S/C21H15BrClN3O3S/c1-12-9-17-19(28)26(16-4-2-3-14(23)10-16)21(29)25(20(17)30-12)11-18(27)24-15-7-5-13(22)6-8-15/h2-10H,11H2,1H3,(H,24,27). The first-order valence-corrected chi connectivity index (χ1v) is 10.9. The highest BCUT2D eigenvalue weighted by atomic mass is 79.9. The number of anilines is 1. The average Bonchev–Trinajstić information content (AvgIpc) is 3.09. The molecule has 30 heavy (non-hydrogen) atoms. The summed E-state index contributed by atoms with van der Waals surface area (Å²) in [5.41, 5.74) is -0.0721. The SMILES string of the molecule is Cc1cc2c(=O)n(-c3cccc(Cl)c3)c(=O)n(CC(=O)Nc3ccc(Br)cc3)c2s1. The topological polar surface area (TPSA) is 73.1 Å². The molecule has 1 N–H and O–H groups in total. The smallest absolute Gasteiger partial charge is 0.325 e. The molecule has 4 rings (SSSR count). The molecule has 6 nitrogen and oxygen atoms in total. The Bertz CT molecular complexity index is 1390. The van der Waals surface area contributed by atoms with E-state index in [1.54, 1.807) is 42.5 Å². The van der Waals surface area contributed by atoms with E-state index >= 15 is 0 Å². The fourth-order valence-corrected chi connectivity index (χ4v) is 4.57. The second-order valence-electron chi connectivity index (χ2n) is 6.62. The number of amides is 1. The molecule has 0 saturated carbocycles. The predicted octanol–water partition coefficient (Wildman–Crippen LogP) is 4.58. The summed E-state index contributed by atoms with van der Waals surface area (Å²) in [6.07, 6.45) is 0. The lowest BCUT2D eigenvalue weighted by molar-refractivity contribution is -0.116. The van der Waals surface area contributed by atoms with Crippen molar-refractivity contribution in [2.45, 2.75) is 13.5 Å². The van der Waals surface area contributed by atoms with E-state index in [-0.39, 0.29) is 12.5 Å². The summed E-state index contributed by atoms with van der Waals surface area (Å²) >= 11 is 10.7. The monoisotopic (exact) mass is 503 g/mol. The maximum absolute atomic E-state index is 13.3. The van der Waals surface area contributed by atoms with Gasteiger partial charge in [-0.2, -0.15) is 0 Å². The number of halogens is 2. The van der Waals surface area contributed by atoms with Crippen molar-refractivity contribution in [3.05, 3.63) is 89.8 Å². The van der Waals surface area contributed by atoms with Crippen LogP contribution in [0.5, 0.6) is 0 Å². The summed E-state index contributed by atoms with van der Waals surface area (Å²) in [6, 6.07) is 15.3. The first-order chi connectivity index (χ1) is 14.3. The first kappa shape index (κ1) is 20.6. The molecule has 4 aromatic rings. The van der Waals surface area contributed by atoms with E-state index in [0.717, 1.165) is 13.9 Å². The molecule has 1 amide bonds. The van der Waals surface area contributed by atoms with Gasteiger partial charge in [0.2, 0.25) is 5.91 Å². The minimum Gasteiger partial charge on any atom is -0.325 e. The van der Waals surface area contributed by atoms with Crippen LogP contribution in [0.25, 0.3) is 15.9 Å². The van der Waals surface area contributed by atoms with E-state index in [1.807, 2.05) is 19.1 Å². The van der Waals surface area contributed by atoms with Crippen molar-refractivity contribution >= 4 is 60.7 Å². The van der Waals surface area contributed by atoms with Gasteiger partial charge < -0.3 is 5.32 Å². The number of hydrogen-bond acceptors (Lipinski definition) is 4. The lowest BCUT2D eigenvalue weighted by Crippen LogP contribution is -2.40. The van der Waals surface area contributed by atoms with E-state index in [4.69, 9.17) is 11.6 Å². The van der Waals surface area contributed by atoms with Gasteiger partial charge in [0.05, 0.1) is 11.1 Å². The number of nitrogens with one attached hydrogen (secondary N) is 1. The summed E-state index contributed by atoms with van der Waals surface area (Å²) in [5.74, 6) is -0.372. The van der Waals surface area contributed by atoms with Crippen LogP contribution >= 0.6 is 38.9 Å². The van der Waals surface area contributed by atoms with Gasteiger partial charge in [-0.15, -0.1) is 11.3 Å². The van der Waals surface area contributed by atoms with Gasteiger partial charge in [0.25, 0.3) is 5.56 Å². The highest BCUT2D eigenvalue weighted by Crippen LogP contribution is 2.22. The number of aromatic nitrogens is 2. The molecule has 0 saturated heterocycles. The summed E-state index contributed by atoms with van der Waals surface area (Å²) in [7, 11) is 0. The molecule has 0 aliphatic heterocycles. The van der Waals surface area contributed by atoms with Crippen LogP contribution in [0.1, 0.15) is 4.88 Å². The van der Waals surface area contributed by atoms with E-state index < -0.39 is 11.2 Å². The lowest BCUT2D eigenvalue weighted by Gasteiger charge is -2.12. The molecule has 0 aliphatic carbocycles. The van der Waals surface area contributed by atoms with Gasteiger partial charge >= 0.3 is 5.69 Å². The molecule has 0 bridgehead atoms. The molecule has 0 aliphatic rings. The number of carbonyl (C=O) groups excluding carboxylic acids is 1. The van der Waals surface area contributed by atoms with Crippen LogP contribution in [0.3, 0.4) is 0 Å². The lowest BCUT2D eigenvalue weighted by atomic mass is 10.3. The number of fused-ring (bicyclic) bond motifs is 1. The van der Waals surface area contributed by atoms with Gasteiger partial charge in [-0.1, -0.05) is 33.6 Å². The molecular formula is C21H15BrClN3O3S. The van der Waals surface area contributed by atoms with Gasteiger partial charge in [0.1, 0.15) is 11.4 Å². The second-order valence-corrected chi connectivity index (χ2v) is 9.21. The molecule has 152 valence electrons. The highest BCUT2D eigenvalue weighted by Gasteiger charge is 2.19. The summed E-state index contributed by atoms with van der Waals surface area (Å²) < 4.78 is 3.26. The summed E-state index contributed by atoms with van der Waals surface area (Å²) in [6.45, 7) is 1.62. The van der Waals surface area contributed by atoms with Crippen LogP contribution in [0.15, 0.2) is 68.7 Å². The Morgan fingerprint density at radius 1 is 1.13 bits per heavy atom. The van der Waals surface area contributed by atoms with Gasteiger partial charge in [0.15, 0.2) is 0 Å². The number of thiophene rings is 1. The molecule has 2 heterocycles. The molecule has 0 fully saturated rings. The van der Waals surface area contributed by atoms with Crippen molar-refractivity contribution in [3.63, 3.8) is 0 Å². The van der Waals surface area contributed by atoms with Gasteiger partial charge in [-0.25, -0.2) is 9.36 Å². The molecule has 9 heteroatoms. The average molecular weight is 505 g/mol.